The van der Waals surface area contributed by atoms with Gasteiger partial charge in [-0.2, -0.15) is 0 Å². The van der Waals surface area contributed by atoms with Crippen LogP contribution in [0.4, 0.5) is 0 Å². The molecule has 198 valence electrons. The SMILES string of the molecule is CCOC(=O)C1=C(C)NC(C)=C(C(=O)O[C@H](CO)CS(=O)(=O)c2ccccc2)[C@@H]1c1cccc(Cl)c1Cl. The second-order valence-electron chi connectivity index (χ2n) is 8.30. The minimum absolute atomic E-state index is 0.00776. The van der Waals surface area contributed by atoms with Crippen molar-refractivity contribution >= 4 is 45.0 Å². The molecule has 2 N–H and O–H groups in total. The second kappa shape index (κ2) is 12.1. The molecule has 2 aromatic carbocycles. The average Bonchev–Trinajstić information content (AvgIpc) is 2.85. The number of halogens is 2. The van der Waals surface area contributed by atoms with Crippen LogP contribution in [0.2, 0.25) is 10.0 Å². The maximum atomic E-state index is 13.5. The third kappa shape index (κ3) is 6.35. The molecule has 8 nitrogen and oxygen atoms in total. The molecule has 0 spiro atoms. The number of rotatable bonds is 9. The fraction of sp³-hybridized carbons (Fsp3) is 0.308. The Morgan fingerprint density at radius 1 is 1.00 bits per heavy atom. The third-order valence-corrected chi connectivity index (χ3v) is 8.39. The van der Waals surface area contributed by atoms with Crippen molar-refractivity contribution in [1.82, 2.24) is 5.32 Å². The first kappa shape index (κ1) is 28.7. The quantitative estimate of drug-likeness (QED) is 0.433. The monoisotopic (exact) mass is 567 g/mol. The molecule has 1 aliphatic heterocycles. The average molecular weight is 568 g/mol. The fourth-order valence-electron chi connectivity index (χ4n) is 4.11. The molecule has 2 aromatic rings. The largest absolute Gasteiger partial charge is 0.463 e. The second-order valence-corrected chi connectivity index (χ2v) is 11.1. The number of carbonyl (C=O) groups excluding carboxylic acids is 2. The lowest BCUT2D eigenvalue weighted by atomic mass is 9.80. The summed E-state index contributed by atoms with van der Waals surface area (Å²) in [4.78, 5) is 26.6. The lowest BCUT2D eigenvalue weighted by molar-refractivity contribution is -0.145. The van der Waals surface area contributed by atoms with Gasteiger partial charge in [-0.25, -0.2) is 18.0 Å². The Hall–Kier alpha value is -2.85. The Morgan fingerprint density at radius 2 is 1.62 bits per heavy atom. The number of aliphatic hydroxyl groups is 1. The van der Waals surface area contributed by atoms with E-state index < -0.39 is 46.2 Å². The summed E-state index contributed by atoms with van der Waals surface area (Å²) in [6, 6.07) is 12.5. The van der Waals surface area contributed by atoms with E-state index in [4.69, 9.17) is 32.7 Å². The first-order valence-corrected chi connectivity index (χ1v) is 13.8. The van der Waals surface area contributed by atoms with E-state index in [1.807, 2.05) is 0 Å². The van der Waals surface area contributed by atoms with E-state index in [1.54, 1.807) is 57.2 Å². The van der Waals surface area contributed by atoms with Gasteiger partial charge in [-0.05, 0) is 44.5 Å². The van der Waals surface area contributed by atoms with Gasteiger partial charge in [-0.15, -0.1) is 0 Å². The van der Waals surface area contributed by atoms with Gasteiger partial charge in [0.25, 0.3) is 0 Å². The lowest BCUT2D eigenvalue weighted by Gasteiger charge is -2.31. The van der Waals surface area contributed by atoms with Crippen LogP contribution < -0.4 is 5.32 Å². The molecular weight excluding hydrogens is 541 g/mol. The van der Waals surface area contributed by atoms with Crippen LogP contribution in [0, 0.1) is 0 Å². The predicted octanol–water partition coefficient (Wildman–Crippen LogP) is 4.17. The number of hydrogen-bond donors (Lipinski definition) is 2. The number of ether oxygens (including phenoxy) is 2. The van der Waals surface area contributed by atoms with E-state index in [1.165, 1.54) is 12.1 Å². The van der Waals surface area contributed by atoms with Crippen molar-refractivity contribution in [3.8, 4) is 0 Å². The maximum absolute atomic E-state index is 13.5. The van der Waals surface area contributed by atoms with Crippen LogP contribution in [0.5, 0.6) is 0 Å². The first-order chi connectivity index (χ1) is 17.5. The molecule has 1 aliphatic rings. The highest BCUT2D eigenvalue weighted by Gasteiger charge is 2.40. The van der Waals surface area contributed by atoms with Crippen molar-refractivity contribution in [3.05, 3.63) is 86.7 Å². The van der Waals surface area contributed by atoms with Crippen LogP contribution in [0.1, 0.15) is 32.3 Å². The van der Waals surface area contributed by atoms with Gasteiger partial charge in [0.05, 0.1) is 51.0 Å². The van der Waals surface area contributed by atoms with Gasteiger partial charge in [0, 0.05) is 11.4 Å². The molecule has 0 saturated carbocycles. The summed E-state index contributed by atoms with van der Waals surface area (Å²) in [5.74, 6) is -3.26. The van der Waals surface area contributed by atoms with E-state index in [9.17, 15) is 23.1 Å². The lowest BCUT2D eigenvalue weighted by Crippen LogP contribution is -2.36. The zero-order chi connectivity index (χ0) is 27.3. The Kier molecular flexibility index (Phi) is 9.41. The molecule has 1 heterocycles. The minimum atomic E-state index is -3.87. The van der Waals surface area contributed by atoms with Gasteiger partial charge in [-0.3, -0.25) is 0 Å². The number of hydrogen-bond acceptors (Lipinski definition) is 8. The number of allylic oxidation sites excluding steroid dienone is 2. The molecule has 0 aliphatic carbocycles. The van der Waals surface area contributed by atoms with Crippen LogP contribution >= 0.6 is 23.2 Å². The number of sulfone groups is 1. The summed E-state index contributed by atoms with van der Waals surface area (Å²) in [5, 5.41) is 13.2. The maximum Gasteiger partial charge on any atom is 0.337 e. The van der Waals surface area contributed by atoms with Crippen LogP contribution in [-0.2, 0) is 28.9 Å². The molecule has 0 aromatic heterocycles. The molecule has 0 fully saturated rings. The summed E-state index contributed by atoms with van der Waals surface area (Å²) >= 11 is 12.8. The molecule has 0 radical (unpaired) electrons. The van der Waals surface area contributed by atoms with Crippen molar-refractivity contribution in [2.24, 2.45) is 0 Å². The summed E-state index contributed by atoms with van der Waals surface area (Å²) < 4.78 is 36.4. The summed E-state index contributed by atoms with van der Waals surface area (Å²) in [6.07, 6.45) is -1.37. The Balaban J connectivity index is 2.02. The molecule has 3 rings (SSSR count). The smallest absolute Gasteiger partial charge is 0.337 e. The fourth-order valence-corrected chi connectivity index (χ4v) is 5.95. The Labute approximate surface area is 225 Å². The Morgan fingerprint density at radius 3 is 2.22 bits per heavy atom. The summed E-state index contributed by atoms with van der Waals surface area (Å²) in [6.45, 7) is 4.28. The molecule has 2 atom stereocenters. The van der Waals surface area contributed by atoms with E-state index in [-0.39, 0.29) is 32.7 Å². The highest BCUT2D eigenvalue weighted by atomic mass is 35.5. The Bertz CT molecular complexity index is 1350. The van der Waals surface area contributed by atoms with Crippen molar-refractivity contribution in [1.29, 1.82) is 0 Å². The summed E-state index contributed by atoms with van der Waals surface area (Å²) in [5.41, 5.74) is 1.30. The third-order valence-electron chi connectivity index (χ3n) is 5.75. The molecule has 0 amide bonds. The standard InChI is InChI=1S/C26H27Cl2NO7S/c1-4-35-25(31)21-15(2)29-16(3)22(23(21)19-11-8-12-20(27)24(19)28)26(32)36-17(13-30)14-37(33,34)18-9-6-5-7-10-18/h5-12,17,23,29-30H,4,13-14H2,1-3H3/t17-,23-/m1/s1. The molecule has 37 heavy (non-hydrogen) atoms. The van der Waals surface area contributed by atoms with Crippen molar-refractivity contribution in [2.75, 3.05) is 19.0 Å². The number of nitrogens with one attached hydrogen (secondary N) is 1. The van der Waals surface area contributed by atoms with Crippen LogP contribution in [-0.4, -0.2) is 50.5 Å². The number of carbonyl (C=O) groups is 2. The molecule has 0 unspecified atom stereocenters. The van der Waals surface area contributed by atoms with Gasteiger partial charge in [0.1, 0.15) is 6.10 Å². The highest BCUT2D eigenvalue weighted by Crippen LogP contribution is 2.43. The molecule has 0 saturated heterocycles. The normalized spacial score (nSPS) is 16.8. The first-order valence-electron chi connectivity index (χ1n) is 11.4. The number of dihydropyridines is 1. The van der Waals surface area contributed by atoms with Gasteiger partial charge >= 0.3 is 11.9 Å². The van der Waals surface area contributed by atoms with Crippen LogP contribution in [0.15, 0.2) is 76.0 Å². The predicted molar refractivity (Wildman–Crippen MR) is 140 cm³/mol. The molecular formula is C26H27Cl2NO7S. The van der Waals surface area contributed by atoms with Crippen molar-refractivity contribution in [3.63, 3.8) is 0 Å². The topological polar surface area (TPSA) is 119 Å². The zero-order valence-electron chi connectivity index (χ0n) is 20.5. The van der Waals surface area contributed by atoms with Crippen molar-refractivity contribution < 1.29 is 32.6 Å². The van der Waals surface area contributed by atoms with E-state index in [2.05, 4.69) is 5.32 Å². The highest BCUT2D eigenvalue weighted by molar-refractivity contribution is 7.91. The van der Waals surface area contributed by atoms with Gasteiger partial charge in [0.2, 0.25) is 0 Å². The minimum Gasteiger partial charge on any atom is -0.463 e. The van der Waals surface area contributed by atoms with E-state index >= 15 is 0 Å². The van der Waals surface area contributed by atoms with Gasteiger partial charge < -0.3 is 19.9 Å². The van der Waals surface area contributed by atoms with E-state index in [0.29, 0.717) is 17.0 Å². The molecule has 0 bridgehead atoms. The number of esters is 2. The van der Waals surface area contributed by atoms with Gasteiger partial charge in [0.15, 0.2) is 9.84 Å². The molecule has 11 heteroatoms. The number of benzene rings is 2. The zero-order valence-corrected chi connectivity index (χ0v) is 22.8. The van der Waals surface area contributed by atoms with Crippen molar-refractivity contribution in [2.45, 2.75) is 37.7 Å². The van der Waals surface area contributed by atoms with Gasteiger partial charge in [-0.1, -0.05) is 53.5 Å². The summed E-state index contributed by atoms with van der Waals surface area (Å²) in [7, 11) is -3.87. The van der Waals surface area contributed by atoms with E-state index in [0.717, 1.165) is 0 Å². The van der Waals surface area contributed by atoms with Crippen LogP contribution in [0.3, 0.4) is 0 Å². The number of aliphatic hydroxyl groups excluding tert-OH is 1. The van der Waals surface area contributed by atoms with Crippen LogP contribution in [0.25, 0.3) is 0 Å².